The van der Waals surface area contributed by atoms with Gasteiger partial charge in [-0.2, -0.15) is 0 Å². The summed E-state index contributed by atoms with van der Waals surface area (Å²) in [7, 11) is 1.58. The number of benzene rings is 1. The van der Waals surface area contributed by atoms with E-state index in [4.69, 9.17) is 16.3 Å². The molecule has 0 aliphatic rings. The van der Waals surface area contributed by atoms with Crippen molar-refractivity contribution in [2.24, 2.45) is 0 Å². The first-order valence-corrected chi connectivity index (χ1v) is 4.43. The van der Waals surface area contributed by atoms with Gasteiger partial charge in [-0.05, 0) is 41.6 Å². The summed E-state index contributed by atoms with van der Waals surface area (Å²) in [6, 6.07) is 7.17. The molecule has 0 amide bonds. The van der Waals surface area contributed by atoms with Gasteiger partial charge in [-0.3, -0.25) is 4.79 Å². The van der Waals surface area contributed by atoms with Crippen LogP contribution in [-0.2, 0) is 0 Å². The molecule has 0 fully saturated rings. The van der Waals surface area contributed by atoms with E-state index in [1.54, 1.807) is 25.3 Å². The van der Waals surface area contributed by atoms with E-state index in [2.05, 4.69) is 0 Å². The fourth-order valence-corrected chi connectivity index (χ4v) is 1.53. The van der Waals surface area contributed by atoms with E-state index in [0.717, 1.165) is 22.4 Å². The van der Waals surface area contributed by atoms with Crippen molar-refractivity contribution in [2.75, 3.05) is 7.11 Å². The number of halogens is 1. The summed E-state index contributed by atoms with van der Waals surface area (Å²) in [5, 5.41) is 0. The molecule has 12 heavy (non-hydrogen) atoms. The minimum atomic E-state index is -0.441. The standard InChI is InChI=1S/C8H7ClO2S/c1-11-6-3-2-4-7(5-6)12-8(9)10/h2-5H,1H3. The predicted molar refractivity (Wildman–Crippen MR) is 50.1 cm³/mol. The number of hydrogen-bond donors (Lipinski definition) is 0. The van der Waals surface area contributed by atoms with E-state index in [-0.39, 0.29) is 0 Å². The van der Waals surface area contributed by atoms with E-state index >= 15 is 0 Å². The maximum Gasteiger partial charge on any atom is 0.284 e. The Balaban J connectivity index is 2.79. The summed E-state index contributed by atoms with van der Waals surface area (Å²) in [5.41, 5.74) is 0. The van der Waals surface area contributed by atoms with Crippen molar-refractivity contribution in [3.63, 3.8) is 0 Å². The van der Waals surface area contributed by atoms with Gasteiger partial charge in [-0.15, -0.1) is 0 Å². The minimum Gasteiger partial charge on any atom is -0.497 e. The zero-order valence-electron chi connectivity index (χ0n) is 6.41. The number of rotatable bonds is 2. The van der Waals surface area contributed by atoms with Crippen LogP contribution in [0.2, 0.25) is 0 Å². The van der Waals surface area contributed by atoms with Gasteiger partial charge in [0.05, 0.1) is 7.11 Å². The summed E-state index contributed by atoms with van der Waals surface area (Å²) in [5.74, 6) is 0.720. The Hall–Kier alpha value is -0.670. The molecular weight excluding hydrogens is 196 g/mol. The van der Waals surface area contributed by atoms with Crippen molar-refractivity contribution < 1.29 is 9.53 Å². The molecule has 2 nitrogen and oxygen atoms in total. The lowest BCUT2D eigenvalue weighted by Gasteiger charge is -2.00. The van der Waals surface area contributed by atoms with Crippen LogP contribution in [-0.4, -0.2) is 11.7 Å². The van der Waals surface area contributed by atoms with Gasteiger partial charge in [0.1, 0.15) is 5.75 Å². The molecule has 1 aromatic carbocycles. The molecule has 0 aliphatic carbocycles. The molecule has 0 unspecified atom stereocenters. The van der Waals surface area contributed by atoms with E-state index in [9.17, 15) is 4.79 Å². The van der Waals surface area contributed by atoms with E-state index in [1.165, 1.54) is 0 Å². The average molecular weight is 203 g/mol. The Morgan fingerprint density at radius 2 is 2.33 bits per heavy atom. The van der Waals surface area contributed by atoms with E-state index in [1.807, 2.05) is 6.07 Å². The first kappa shape index (κ1) is 9.42. The number of carbonyl (C=O) groups is 1. The highest BCUT2D eigenvalue weighted by Crippen LogP contribution is 2.24. The van der Waals surface area contributed by atoms with Crippen molar-refractivity contribution in [1.29, 1.82) is 0 Å². The lowest BCUT2D eigenvalue weighted by molar-refractivity contribution is 0.276. The highest BCUT2D eigenvalue weighted by atomic mass is 35.5. The monoisotopic (exact) mass is 202 g/mol. The van der Waals surface area contributed by atoms with Gasteiger partial charge in [0.2, 0.25) is 0 Å². The second kappa shape index (κ2) is 4.38. The normalized spacial score (nSPS) is 9.50. The molecule has 0 spiro atoms. The maximum absolute atomic E-state index is 10.5. The van der Waals surface area contributed by atoms with Crippen molar-refractivity contribution in [2.45, 2.75) is 4.90 Å². The third kappa shape index (κ3) is 2.75. The maximum atomic E-state index is 10.5. The molecule has 0 saturated carbocycles. The Kier molecular flexibility index (Phi) is 3.44. The van der Waals surface area contributed by atoms with Crippen molar-refractivity contribution >= 4 is 27.9 Å². The third-order valence-corrected chi connectivity index (χ3v) is 2.12. The third-order valence-electron chi connectivity index (χ3n) is 1.24. The van der Waals surface area contributed by atoms with Crippen molar-refractivity contribution in [3.8, 4) is 5.75 Å². The highest BCUT2D eigenvalue weighted by Gasteiger charge is 2.00. The summed E-state index contributed by atoms with van der Waals surface area (Å²) < 4.78 is 4.53. The summed E-state index contributed by atoms with van der Waals surface area (Å²) in [4.78, 5) is 11.3. The summed E-state index contributed by atoms with van der Waals surface area (Å²) >= 11 is 6.17. The topological polar surface area (TPSA) is 26.3 Å². The van der Waals surface area contributed by atoms with Crippen LogP contribution >= 0.6 is 23.4 Å². The molecule has 0 atom stereocenters. The van der Waals surface area contributed by atoms with Crippen LogP contribution in [0.15, 0.2) is 29.2 Å². The Morgan fingerprint density at radius 1 is 1.58 bits per heavy atom. The van der Waals surface area contributed by atoms with E-state index < -0.39 is 4.57 Å². The molecule has 1 aromatic rings. The molecule has 1 rings (SSSR count). The Morgan fingerprint density at radius 3 is 2.92 bits per heavy atom. The summed E-state index contributed by atoms with van der Waals surface area (Å²) in [6.07, 6.45) is 0. The minimum absolute atomic E-state index is 0.441. The van der Waals surface area contributed by atoms with Crippen LogP contribution < -0.4 is 4.74 Å². The number of hydrogen-bond acceptors (Lipinski definition) is 3. The largest absolute Gasteiger partial charge is 0.497 e. The molecule has 0 heterocycles. The predicted octanol–water partition coefficient (Wildman–Crippen LogP) is 3.15. The second-order valence-corrected chi connectivity index (χ2v) is 3.63. The second-order valence-electron chi connectivity index (χ2n) is 2.02. The van der Waals surface area contributed by atoms with Gasteiger partial charge in [0.15, 0.2) is 0 Å². The fraction of sp³-hybridized carbons (Fsp3) is 0.125. The van der Waals surface area contributed by atoms with Crippen molar-refractivity contribution in [3.05, 3.63) is 24.3 Å². The molecule has 0 N–H and O–H groups in total. The first-order chi connectivity index (χ1) is 5.72. The number of carbonyl (C=O) groups excluding carboxylic acids is 1. The lowest BCUT2D eigenvalue weighted by Crippen LogP contribution is -1.82. The van der Waals surface area contributed by atoms with Crippen LogP contribution in [0, 0.1) is 0 Å². The van der Waals surface area contributed by atoms with Crippen LogP contribution in [0.25, 0.3) is 0 Å². The molecule has 4 heteroatoms. The lowest BCUT2D eigenvalue weighted by atomic mass is 10.3. The molecule has 0 aromatic heterocycles. The SMILES string of the molecule is COc1cccc(SC(=O)Cl)c1. The molecular formula is C8H7ClO2S. The van der Waals surface area contributed by atoms with Crippen LogP contribution in [0.3, 0.4) is 0 Å². The fourth-order valence-electron chi connectivity index (χ4n) is 0.757. The smallest absolute Gasteiger partial charge is 0.284 e. The zero-order chi connectivity index (χ0) is 8.97. The Labute approximate surface area is 79.9 Å². The van der Waals surface area contributed by atoms with Gasteiger partial charge in [0, 0.05) is 4.90 Å². The van der Waals surface area contributed by atoms with Gasteiger partial charge in [0.25, 0.3) is 4.57 Å². The molecule has 0 bridgehead atoms. The summed E-state index contributed by atoms with van der Waals surface area (Å²) in [6.45, 7) is 0. The number of methoxy groups -OCH3 is 1. The van der Waals surface area contributed by atoms with E-state index in [0.29, 0.717) is 0 Å². The molecule has 64 valence electrons. The molecule has 0 saturated heterocycles. The highest BCUT2D eigenvalue weighted by molar-refractivity contribution is 8.16. The molecule has 0 aliphatic heterocycles. The number of thioether (sulfide) groups is 1. The van der Waals surface area contributed by atoms with Gasteiger partial charge in [-0.25, -0.2) is 0 Å². The Bertz CT molecular complexity index is 288. The average Bonchev–Trinajstić information content (AvgIpc) is 2.03. The van der Waals surface area contributed by atoms with Crippen LogP contribution in [0.1, 0.15) is 0 Å². The zero-order valence-corrected chi connectivity index (χ0v) is 7.98. The van der Waals surface area contributed by atoms with Crippen molar-refractivity contribution in [1.82, 2.24) is 0 Å². The molecule has 0 radical (unpaired) electrons. The quantitative estimate of drug-likeness (QED) is 0.545. The van der Waals surface area contributed by atoms with Crippen LogP contribution in [0.4, 0.5) is 4.79 Å². The van der Waals surface area contributed by atoms with Gasteiger partial charge < -0.3 is 4.74 Å². The first-order valence-electron chi connectivity index (χ1n) is 3.24. The van der Waals surface area contributed by atoms with Crippen LogP contribution in [0.5, 0.6) is 5.75 Å². The van der Waals surface area contributed by atoms with Gasteiger partial charge >= 0.3 is 0 Å². The number of ether oxygens (including phenoxy) is 1. The van der Waals surface area contributed by atoms with Gasteiger partial charge in [-0.1, -0.05) is 6.07 Å².